The Morgan fingerprint density at radius 3 is 2.06 bits per heavy atom. The molecular weight excluding hydrogens is 675 g/mol. The van der Waals surface area contributed by atoms with E-state index in [1.165, 1.54) is 0 Å². The fourth-order valence-corrected chi connectivity index (χ4v) is 12.2. The largest absolute Gasteiger partial charge is 0.332 e. The summed E-state index contributed by atoms with van der Waals surface area (Å²) >= 11 is 0. The van der Waals surface area contributed by atoms with Crippen LogP contribution in [-0.4, -0.2) is 65.4 Å². The lowest BCUT2D eigenvalue weighted by Crippen LogP contribution is -2.51. The second kappa shape index (κ2) is 15.5. The summed E-state index contributed by atoms with van der Waals surface area (Å²) in [7, 11) is -3.46. The predicted molar refractivity (Wildman–Crippen MR) is 204 cm³/mol. The highest BCUT2D eigenvalue weighted by atomic mass is 32.2. The van der Waals surface area contributed by atoms with Gasteiger partial charge >= 0.3 is 0 Å². The van der Waals surface area contributed by atoms with Crippen LogP contribution < -0.4 is 0 Å². The van der Waals surface area contributed by atoms with Crippen molar-refractivity contribution in [1.29, 1.82) is 0 Å². The Hall–Kier alpha value is -2.16. The van der Waals surface area contributed by atoms with E-state index in [9.17, 15) is 32.4 Å². The number of ketones is 4. The van der Waals surface area contributed by atoms with Gasteiger partial charge in [0.1, 0.15) is 5.78 Å². The Morgan fingerprint density at radius 2 is 1.50 bits per heavy atom. The van der Waals surface area contributed by atoms with Crippen LogP contribution >= 0.6 is 0 Å². The van der Waals surface area contributed by atoms with E-state index in [4.69, 9.17) is 0 Å². The van der Waals surface area contributed by atoms with Crippen molar-refractivity contribution in [2.75, 3.05) is 12.3 Å². The summed E-state index contributed by atoms with van der Waals surface area (Å²) in [6.07, 6.45) is 13.8. The Kier molecular flexibility index (Phi) is 12.2. The smallest absolute Gasteiger partial charge is 0.227 e. The molecule has 8 nitrogen and oxygen atoms in total. The van der Waals surface area contributed by atoms with Crippen LogP contribution in [0.25, 0.3) is 0 Å². The predicted octanol–water partition coefficient (Wildman–Crippen LogP) is 8.05. The van der Waals surface area contributed by atoms with Crippen molar-refractivity contribution < 1.29 is 32.4 Å². The Labute approximate surface area is 314 Å². The first-order valence-corrected chi connectivity index (χ1v) is 22.2. The number of likely N-dealkylation sites (tertiary alicyclic amines) is 1. The van der Waals surface area contributed by atoms with Crippen LogP contribution in [0.15, 0.2) is 12.7 Å². The van der Waals surface area contributed by atoms with Gasteiger partial charge in [-0.2, -0.15) is 0 Å². The number of nitrogens with zero attached hydrogens (tertiary/aromatic N) is 1. The molecule has 5 aliphatic rings. The molecule has 1 saturated heterocycles. The molecule has 1 amide bonds. The minimum atomic E-state index is -3.46. The van der Waals surface area contributed by atoms with E-state index < -0.39 is 49.4 Å². The van der Waals surface area contributed by atoms with Crippen LogP contribution in [0.2, 0.25) is 0 Å². The Balaban J connectivity index is 1.39. The maximum absolute atomic E-state index is 15.0. The maximum atomic E-state index is 15.0. The molecule has 0 aromatic rings. The van der Waals surface area contributed by atoms with Crippen molar-refractivity contribution in [3.63, 3.8) is 0 Å². The highest BCUT2D eigenvalue weighted by Gasteiger charge is 2.69. The minimum absolute atomic E-state index is 0.0108. The van der Waals surface area contributed by atoms with Crippen LogP contribution in [0.1, 0.15) is 157 Å². The van der Waals surface area contributed by atoms with Gasteiger partial charge in [-0.15, -0.1) is 6.58 Å². The molecule has 0 aromatic heterocycles. The van der Waals surface area contributed by atoms with Gasteiger partial charge in [-0.25, -0.2) is 8.42 Å². The van der Waals surface area contributed by atoms with Gasteiger partial charge in [-0.05, 0) is 93.3 Å². The molecule has 5 fully saturated rings. The number of amides is 1. The number of carbonyl (C=O) groups is 5. The third-order valence-corrected chi connectivity index (χ3v) is 17.4. The lowest BCUT2D eigenvalue weighted by Gasteiger charge is -2.41. The molecule has 5 atom stereocenters. The molecule has 5 rings (SSSR count). The average molecular weight is 742 g/mol. The van der Waals surface area contributed by atoms with Gasteiger partial charge in [0.15, 0.2) is 21.4 Å². The summed E-state index contributed by atoms with van der Waals surface area (Å²) in [6.45, 7) is 15.7. The zero-order valence-electron chi connectivity index (χ0n) is 33.1. The van der Waals surface area contributed by atoms with E-state index in [1.54, 1.807) is 31.7 Å². The van der Waals surface area contributed by atoms with Crippen LogP contribution in [0.4, 0.5) is 0 Å². The first-order valence-electron chi connectivity index (χ1n) is 20.5. The van der Waals surface area contributed by atoms with Gasteiger partial charge in [-0.3, -0.25) is 24.0 Å². The minimum Gasteiger partial charge on any atom is -0.332 e. The number of hydrogen-bond donors (Lipinski definition) is 0. The van der Waals surface area contributed by atoms with Crippen molar-refractivity contribution in [2.24, 2.45) is 45.8 Å². The van der Waals surface area contributed by atoms with Crippen molar-refractivity contribution in [2.45, 2.75) is 168 Å². The van der Waals surface area contributed by atoms with E-state index >= 15 is 0 Å². The number of carbonyl (C=O) groups excluding carboxylic acids is 5. The molecule has 2 unspecified atom stereocenters. The van der Waals surface area contributed by atoms with Crippen molar-refractivity contribution in [1.82, 2.24) is 4.90 Å². The summed E-state index contributed by atoms with van der Waals surface area (Å²) in [4.78, 5) is 71.9. The van der Waals surface area contributed by atoms with E-state index in [1.807, 2.05) is 0 Å². The molecule has 0 spiro atoms. The van der Waals surface area contributed by atoms with Crippen LogP contribution in [0.3, 0.4) is 0 Å². The second-order valence-electron chi connectivity index (χ2n) is 19.7. The first kappa shape index (κ1) is 41.0. The Bertz CT molecular complexity index is 1500. The molecule has 52 heavy (non-hydrogen) atoms. The number of sulfone groups is 1. The number of hydrogen-bond acceptors (Lipinski definition) is 7. The normalized spacial score (nSPS) is 27.6. The molecule has 0 aromatic carbocycles. The van der Waals surface area contributed by atoms with Crippen molar-refractivity contribution >= 4 is 38.9 Å². The molecule has 0 bridgehead atoms. The summed E-state index contributed by atoms with van der Waals surface area (Å²) in [6, 6.07) is -0.670. The van der Waals surface area contributed by atoms with Crippen LogP contribution in [0.5, 0.6) is 0 Å². The lowest BCUT2D eigenvalue weighted by atomic mass is 9.68. The quantitative estimate of drug-likeness (QED) is 0.103. The van der Waals surface area contributed by atoms with E-state index in [-0.39, 0.29) is 71.6 Å². The fourth-order valence-electron chi connectivity index (χ4n) is 10.6. The number of fused-ring (bicyclic) bond motifs is 1. The highest BCUT2D eigenvalue weighted by molar-refractivity contribution is 7.92. The van der Waals surface area contributed by atoms with Gasteiger partial charge in [0.2, 0.25) is 11.7 Å². The summed E-state index contributed by atoms with van der Waals surface area (Å²) in [5.74, 6) is -2.00. The Morgan fingerprint density at radius 1 is 0.885 bits per heavy atom. The van der Waals surface area contributed by atoms with Gasteiger partial charge in [0, 0.05) is 38.1 Å². The molecule has 9 heteroatoms. The zero-order valence-corrected chi connectivity index (χ0v) is 33.9. The third-order valence-electron chi connectivity index (χ3n) is 14.6. The number of Topliss-reactive ketones (excluding diaryl/α,β-unsaturated/α-hetero) is 4. The van der Waals surface area contributed by atoms with E-state index in [0.29, 0.717) is 38.1 Å². The fraction of sp³-hybridized carbons (Fsp3) is 0.837. The average Bonchev–Trinajstić information content (AvgIpc) is 3.41. The van der Waals surface area contributed by atoms with Crippen molar-refractivity contribution in [3.8, 4) is 0 Å². The van der Waals surface area contributed by atoms with Gasteiger partial charge in [0.25, 0.3) is 0 Å². The molecule has 292 valence electrons. The van der Waals surface area contributed by atoms with Crippen molar-refractivity contribution in [3.05, 3.63) is 12.7 Å². The summed E-state index contributed by atoms with van der Waals surface area (Å²) < 4.78 is 26.1. The molecule has 0 N–H and O–H groups in total. The standard InChI is InChI=1S/C43H67NO7S/c1-8-9-18-34(46)38(48)30(23-29-16-15-17-29)24-35(47)37-36-33(41(36,5)6)27-44(37)39(49)32(42(7)19-13-14-20-42)25-31(45)26-43(21-11-10-12-22-43)28-52(50,51)40(2,3)4/h8,29-30,32-33,36-37H,1,9-28H2,2-7H3/t30?,32-,33?,36+,37-/m1/s1. The summed E-state index contributed by atoms with van der Waals surface area (Å²) in [5, 5.41) is 0. The number of piperidine rings is 1. The van der Waals surface area contributed by atoms with Crippen LogP contribution in [0, 0.1) is 45.8 Å². The molecule has 1 aliphatic heterocycles. The first-order chi connectivity index (χ1) is 24.3. The van der Waals surface area contributed by atoms with Crippen LogP contribution in [-0.2, 0) is 33.8 Å². The zero-order chi connectivity index (χ0) is 38.3. The monoisotopic (exact) mass is 741 g/mol. The van der Waals surface area contributed by atoms with E-state index in [0.717, 1.165) is 64.2 Å². The number of allylic oxidation sites excluding steroid dienone is 1. The van der Waals surface area contributed by atoms with Gasteiger partial charge in [0.05, 0.1) is 22.5 Å². The second-order valence-corrected chi connectivity index (χ2v) is 22.4. The lowest BCUT2D eigenvalue weighted by molar-refractivity contribution is -0.149. The highest BCUT2D eigenvalue weighted by Crippen LogP contribution is 2.65. The van der Waals surface area contributed by atoms with E-state index in [2.05, 4.69) is 27.4 Å². The SMILES string of the molecule is C=CCCC(=O)C(=O)C(CC(=O)[C@@H]1[C@@H]2C(CN1C(=O)[C@@H](CC(=O)CC1(CS(=O)(=O)C(C)(C)C)CCCCC1)C1(C)CCCC1)C2(C)C)CC1CCC1. The molecule has 4 aliphatic carbocycles. The summed E-state index contributed by atoms with van der Waals surface area (Å²) in [5.41, 5.74) is -1.12. The molecule has 0 radical (unpaired) electrons. The number of rotatable bonds is 18. The maximum Gasteiger partial charge on any atom is 0.227 e. The molecule has 1 heterocycles. The molecular formula is C43H67NO7S. The molecule has 4 saturated carbocycles. The van der Waals surface area contributed by atoms with Gasteiger partial charge < -0.3 is 4.90 Å². The topological polar surface area (TPSA) is 123 Å². The third kappa shape index (κ3) is 8.54. The van der Waals surface area contributed by atoms with Gasteiger partial charge in [-0.1, -0.05) is 78.2 Å².